The van der Waals surface area contributed by atoms with Gasteiger partial charge < -0.3 is 15.0 Å². The summed E-state index contributed by atoms with van der Waals surface area (Å²) in [5.41, 5.74) is 2.08. The predicted octanol–water partition coefficient (Wildman–Crippen LogP) is 5.27. The first kappa shape index (κ1) is 23.7. The van der Waals surface area contributed by atoms with Crippen LogP contribution in [-0.4, -0.2) is 34.5 Å². The van der Waals surface area contributed by atoms with E-state index < -0.39 is 6.04 Å². The molecule has 0 radical (unpaired) electrons. The van der Waals surface area contributed by atoms with Gasteiger partial charge in [0.1, 0.15) is 11.8 Å². The molecule has 3 aromatic rings. The number of nitrogens with zero attached hydrogens (tertiary/aromatic N) is 2. The summed E-state index contributed by atoms with van der Waals surface area (Å²) in [4.78, 5) is 29.7. The van der Waals surface area contributed by atoms with Crippen molar-refractivity contribution in [3.63, 3.8) is 0 Å². The summed E-state index contributed by atoms with van der Waals surface area (Å²) in [6, 6.07) is 23.0. The molecule has 1 fully saturated rings. The minimum absolute atomic E-state index is 0.0639. The number of anilines is 2. The Bertz CT molecular complexity index is 1200. The first-order valence-corrected chi connectivity index (χ1v) is 11.7. The topological polar surface area (TPSA) is 61.9 Å². The van der Waals surface area contributed by atoms with Crippen molar-refractivity contribution in [3.8, 4) is 5.75 Å². The normalized spacial score (nSPS) is 15.5. The van der Waals surface area contributed by atoms with Gasteiger partial charge in [-0.2, -0.15) is 0 Å². The number of halogens is 1. The van der Waals surface area contributed by atoms with Gasteiger partial charge in [-0.15, -0.1) is 0 Å². The number of para-hydroxylation sites is 1. The fraction of sp³-hybridized carbons (Fsp3) is 0.192. The first-order chi connectivity index (χ1) is 16.5. The Morgan fingerprint density at radius 2 is 1.79 bits per heavy atom. The molecule has 1 aliphatic heterocycles. The number of hydrogen-bond acceptors (Lipinski definition) is 4. The molecule has 1 heterocycles. The fourth-order valence-corrected chi connectivity index (χ4v) is 4.44. The first-order valence-electron chi connectivity index (χ1n) is 10.9. The van der Waals surface area contributed by atoms with Crippen LogP contribution in [0.4, 0.5) is 11.4 Å². The van der Waals surface area contributed by atoms with E-state index in [9.17, 15) is 9.59 Å². The molecule has 0 spiro atoms. The van der Waals surface area contributed by atoms with Crippen molar-refractivity contribution in [1.82, 2.24) is 4.90 Å². The van der Waals surface area contributed by atoms with E-state index in [1.54, 1.807) is 29.2 Å². The highest BCUT2D eigenvalue weighted by Crippen LogP contribution is 2.30. The number of carbonyl (C=O) groups excluding carboxylic acids is 2. The molecule has 1 N–H and O–H groups in total. The average molecular weight is 494 g/mol. The Morgan fingerprint density at radius 3 is 2.53 bits per heavy atom. The molecule has 0 bridgehead atoms. The van der Waals surface area contributed by atoms with Gasteiger partial charge in [0, 0.05) is 23.3 Å². The molecule has 4 rings (SSSR count). The van der Waals surface area contributed by atoms with E-state index in [4.69, 9.17) is 28.6 Å². The second-order valence-corrected chi connectivity index (χ2v) is 8.51. The summed E-state index contributed by atoms with van der Waals surface area (Å²) in [7, 11) is 0. The molecule has 34 heavy (non-hydrogen) atoms. The lowest BCUT2D eigenvalue weighted by Gasteiger charge is -2.24. The third-order valence-corrected chi connectivity index (χ3v) is 6.22. The molecule has 1 atom stereocenters. The summed E-state index contributed by atoms with van der Waals surface area (Å²) in [5, 5.41) is 3.78. The van der Waals surface area contributed by atoms with Crippen LogP contribution in [0.15, 0.2) is 78.9 Å². The minimum atomic E-state index is -0.765. The third-order valence-electron chi connectivity index (χ3n) is 5.44. The van der Waals surface area contributed by atoms with Gasteiger partial charge in [-0.3, -0.25) is 14.5 Å². The van der Waals surface area contributed by atoms with Gasteiger partial charge in [0.15, 0.2) is 5.11 Å². The van der Waals surface area contributed by atoms with Gasteiger partial charge in [0.05, 0.1) is 18.7 Å². The van der Waals surface area contributed by atoms with Gasteiger partial charge in [-0.25, -0.2) is 0 Å². The van der Waals surface area contributed by atoms with Crippen LogP contribution in [0.1, 0.15) is 18.9 Å². The van der Waals surface area contributed by atoms with Gasteiger partial charge in [-0.05, 0) is 55.0 Å². The summed E-state index contributed by atoms with van der Waals surface area (Å²) in [5.74, 6) is 0.115. The maximum absolute atomic E-state index is 13.5. The zero-order chi connectivity index (χ0) is 24.1. The molecule has 0 aliphatic carbocycles. The highest BCUT2D eigenvalue weighted by Gasteiger charge is 2.44. The van der Waals surface area contributed by atoms with Crippen LogP contribution < -0.4 is 15.0 Å². The van der Waals surface area contributed by atoms with Gasteiger partial charge in [0.25, 0.3) is 5.91 Å². The second-order valence-electron chi connectivity index (χ2n) is 7.74. The van der Waals surface area contributed by atoms with Crippen LogP contribution in [-0.2, 0) is 16.1 Å². The summed E-state index contributed by atoms with van der Waals surface area (Å²) < 4.78 is 5.50. The molecule has 0 unspecified atom stereocenters. The predicted molar refractivity (Wildman–Crippen MR) is 138 cm³/mol. The van der Waals surface area contributed by atoms with Crippen molar-refractivity contribution < 1.29 is 14.3 Å². The van der Waals surface area contributed by atoms with E-state index in [-0.39, 0.29) is 18.2 Å². The van der Waals surface area contributed by atoms with E-state index in [1.165, 1.54) is 4.90 Å². The largest absolute Gasteiger partial charge is 0.494 e. The maximum atomic E-state index is 13.5. The lowest BCUT2D eigenvalue weighted by Crippen LogP contribution is -2.37. The zero-order valence-corrected chi connectivity index (χ0v) is 20.2. The molecule has 0 saturated carbocycles. The Labute approximate surface area is 209 Å². The number of ether oxygens (including phenoxy) is 1. The standard InChI is InChI=1S/C26H24ClN3O3S/c1-2-33-21-13-8-10-19(15-21)28-24(31)16-23-25(32)30(20-11-4-3-5-12-20)26(34)29(23)17-18-9-6-7-14-22(18)27/h3-15,23H,2,16-17H2,1H3,(H,28,31)/t23-/m1/s1. The number of benzene rings is 3. The van der Waals surface area contributed by atoms with Gasteiger partial charge in [0.2, 0.25) is 5.91 Å². The van der Waals surface area contributed by atoms with E-state index in [0.717, 1.165) is 5.56 Å². The van der Waals surface area contributed by atoms with E-state index in [1.807, 2.05) is 61.5 Å². The van der Waals surface area contributed by atoms with Gasteiger partial charge >= 0.3 is 0 Å². The minimum Gasteiger partial charge on any atom is -0.494 e. The van der Waals surface area contributed by atoms with Crippen molar-refractivity contribution in [2.24, 2.45) is 0 Å². The number of amides is 2. The Balaban J connectivity index is 1.58. The number of thiocarbonyl (C=S) groups is 1. The van der Waals surface area contributed by atoms with Crippen molar-refractivity contribution in [1.29, 1.82) is 0 Å². The molecule has 2 amide bonds. The van der Waals surface area contributed by atoms with E-state index in [2.05, 4.69) is 5.32 Å². The molecule has 6 nitrogen and oxygen atoms in total. The monoisotopic (exact) mass is 493 g/mol. The summed E-state index contributed by atoms with van der Waals surface area (Å²) in [6.07, 6.45) is -0.0639. The smallest absolute Gasteiger partial charge is 0.256 e. The molecular weight excluding hydrogens is 470 g/mol. The van der Waals surface area contributed by atoms with Crippen LogP contribution in [0, 0.1) is 0 Å². The van der Waals surface area contributed by atoms with Crippen LogP contribution in [0.5, 0.6) is 5.75 Å². The number of carbonyl (C=O) groups is 2. The maximum Gasteiger partial charge on any atom is 0.256 e. The average Bonchev–Trinajstić information content (AvgIpc) is 3.05. The molecule has 1 aliphatic rings. The van der Waals surface area contributed by atoms with Gasteiger partial charge in [-0.1, -0.05) is 54.1 Å². The Hall–Kier alpha value is -3.42. The molecule has 0 aromatic heterocycles. The van der Waals surface area contributed by atoms with Crippen LogP contribution in [0.25, 0.3) is 0 Å². The SMILES string of the molecule is CCOc1cccc(NC(=O)C[C@@H]2C(=O)N(c3ccccc3)C(=S)N2Cc2ccccc2Cl)c1. The van der Waals surface area contributed by atoms with Crippen molar-refractivity contribution >= 4 is 52.1 Å². The Kier molecular flexibility index (Phi) is 7.45. The lowest BCUT2D eigenvalue weighted by molar-refractivity contribution is -0.124. The van der Waals surface area contributed by atoms with Crippen molar-refractivity contribution in [3.05, 3.63) is 89.4 Å². The van der Waals surface area contributed by atoms with Crippen LogP contribution in [0.3, 0.4) is 0 Å². The highest BCUT2D eigenvalue weighted by atomic mass is 35.5. The van der Waals surface area contributed by atoms with E-state index in [0.29, 0.717) is 40.4 Å². The number of nitrogens with one attached hydrogen (secondary N) is 1. The molecule has 174 valence electrons. The van der Waals surface area contributed by atoms with Crippen molar-refractivity contribution in [2.45, 2.75) is 25.9 Å². The number of hydrogen-bond donors (Lipinski definition) is 1. The lowest BCUT2D eigenvalue weighted by atomic mass is 10.1. The quantitative estimate of drug-likeness (QED) is 0.433. The molecule has 3 aromatic carbocycles. The number of rotatable bonds is 8. The van der Waals surface area contributed by atoms with Crippen molar-refractivity contribution in [2.75, 3.05) is 16.8 Å². The molecule has 8 heteroatoms. The summed E-state index contributed by atoms with van der Waals surface area (Å²) in [6.45, 7) is 2.73. The fourth-order valence-electron chi connectivity index (χ4n) is 3.86. The third kappa shape index (κ3) is 5.21. The molecular formula is C26H24ClN3O3S. The van der Waals surface area contributed by atoms with Crippen LogP contribution >= 0.6 is 23.8 Å². The summed E-state index contributed by atoms with van der Waals surface area (Å²) >= 11 is 12.1. The Morgan fingerprint density at radius 1 is 1.06 bits per heavy atom. The molecule has 1 saturated heterocycles. The second kappa shape index (κ2) is 10.7. The van der Waals surface area contributed by atoms with Crippen LogP contribution in [0.2, 0.25) is 5.02 Å². The highest BCUT2D eigenvalue weighted by molar-refractivity contribution is 7.80. The zero-order valence-electron chi connectivity index (χ0n) is 18.6. The van der Waals surface area contributed by atoms with E-state index >= 15 is 0 Å².